The molecule has 6 nitrogen and oxygen atoms in total. The molecule has 0 aliphatic carbocycles. The summed E-state index contributed by atoms with van der Waals surface area (Å²) in [4.78, 5) is 46.0. The fourth-order valence-electron chi connectivity index (χ4n) is 3.64. The SMILES string of the molecule is CCc1cc2c(=O)n(C(CC(=O)OC)C(=O)c3ccccc3)c(-c3ccccc3)nc2s1. The first-order valence-corrected chi connectivity index (χ1v) is 11.1. The quantitative estimate of drug-likeness (QED) is 0.304. The zero-order chi connectivity index (χ0) is 22.7. The summed E-state index contributed by atoms with van der Waals surface area (Å²) in [6.07, 6.45) is 0.498. The third-order valence-corrected chi connectivity index (χ3v) is 6.46. The van der Waals surface area contributed by atoms with Crippen LogP contribution in [0, 0.1) is 0 Å². The van der Waals surface area contributed by atoms with Crippen molar-refractivity contribution in [1.82, 2.24) is 9.55 Å². The number of fused-ring (bicyclic) bond motifs is 1. The van der Waals surface area contributed by atoms with Crippen molar-refractivity contribution in [3.05, 3.63) is 87.5 Å². The maximum atomic E-state index is 13.7. The van der Waals surface area contributed by atoms with E-state index in [1.807, 2.05) is 43.3 Å². The number of ketones is 1. The van der Waals surface area contributed by atoms with Crippen LogP contribution in [-0.2, 0) is 16.0 Å². The molecular weight excluding hydrogens is 424 g/mol. The number of nitrogens with zero attached hydrogens (tertiary/aromatic N) is 2. The molecule has 4 rings (SSSR count). The van der Waals surface area contributed by atoms with Gasteiger partial charge >= 0.3 is 5.97 Å². The maximum absolute atomic E-state index is 13.7. The minimum absolute atomic E-state index is 0.276. The Hall–Kier alpha value is -3.58. The molecule has 0 spiro atoms. The number of benzene rings is 2. The zero-order valence-electron chi connectivity index (χ0n) is 17.8. The first-order chi connectivity index (χ1) is 15.5. The van der Waals surface area contributed by atoms with Gasteiger partial charge in [-0.3, -0.25) is 19.0 Å². The Morgan fingerprint density at radius 2 is 1.72 bits per heavy atom. The van der Waals surface area contributed by atoms with E-state index in [1.165, 1.54) is 23.0 Å². The number of carbonyl (C=O) groups is 2. The average Bonchev–Trinajstić information content (AvgIpc) is 3.27. The fraction of sp³-hybridized carbons (Fsp3) is 0.200. The number of carbonyl (C=O) groups excluding carboxylic acids is 2. The van der Waals surface area contributed by atoms with Gasteiger partial charge in [0.1, 0.15) is 16.7 Å². The lowest BCUT2D eigenvalue weighted by atomic mass is 10.0. The number of hydrogen-bond donors (Lipinski definition) is 0. The van der Waals surface area contributed by atoms with Crippen molar-refractivity contribution in [2.75, 3.05) is 7.11 Å². The molecule has 32 heavy (non-hydrogen) atoms. The first-order valence-electron chi connectivity index (χ1n) is 10.3. The van der Waals surface area contributed by atoms with E-state index in [9.17, 15) is 14.4 Å². The fourth-order valence-corrected chi connectivity index (χ4v) is 4.59. The second-order valence-corrected chi connectivity index (χ2v) is 8.40. The average molecular weight is 447 g/mol. The lowest BCUT2D eigenvalue weighted by molar-refractivity contribution is -0.141. The van der Waals surface area contributed by atoms with Gasteiger partial charge in [-0.05, 0) is 12.5 Å². The highest BCUT2D eigenvalue weighted by Gasteiger charge is 2.30. The van der Waals surface area contributed by atoms with Crippen molar-refractivity contribution < 1.29 is 14.3 Å². The molecule has 0 N–H and O–H groups in total. The summed E-state index contributed by atoms with van der Waals surface area (Å²) in [5.74, 6) is -0.571. The van der Waals surface area contributed by atoms with Gasteiger partial charge in [0.15, 0.2) is 5.78 Å². The van der Waals surface area contributed by atoms with Crippen LogP contribution in [0.25, 0.3) is 21.6 Å². The molecule has 7 heteroatoms. The molecule has 2 aromatic heterocycles. The number of aromatic nitrogens is 2. The molecule has 0 amide bonds. The summed E-state index contributed by atoms with van der Waals surface area (Å²) >= 11 is 1.46. The molecule has 162 valence electrons. The summed E-state index contributed by atoms with van der Waals surface area (Å²) in [7, 11) is 1.26. The van der Waals surface area contributed by atoms with Crippen molar-refractivity contribution in [1.29, 1.82) is 0 Å². The molecule has 0 saturated carbocycles. The van der Waals surface area contributed by atoms with Gasteiger partial charge in [-0.15, -0.1) is 11.3 Å². The number of esters is 1. The van der Waals surface area contributed by atoms with E-state index in [0.29, 0.717) is 27.2 Å². The third-order valence-electron chi connectivity index (χ3n) is 5.29. The monoisotopic (exact) mass is 446 g/mol. The van der Waals surface area contributed by atoms with E-state index in [4.69, 9.17) is 9.72 Å². The molecule has 1 unspecified atom stereocenters. The highest BCUT2D eigenvalue weighted by atomic mass is 32.1. The van der Waals surface area contributed by atoms with Crippen LogP contribution in [0.3, 0.4) is 0 Å². The van der Waals surface area contributed by atoms with Crippen molar-refractivity contribution in [3.8, 4) is 11.4 Å². The van der Waals surface area contributed by atoms with Gasteiger partial charge in [0.05, 0.1) is 18.9 Å². The number of ether oxygens (including phenoxy) is 1. The van der Waals surface area contributed by atoms with Gasteiger partial charge < -0.3 is 4.74 Å². The van der Waals surface area contributed by atoms with Gasteiger partial charge in [0.2, 0.25) is 0 Å². The Morgan fingerprint density at radius 1 is 1.06 bits per heavy atom. The Bertz CT molecular complexity index is 1330. The smallest absolute Gasteiger partial charge is 0.308 e. The Labute approximate surface area is 189 Å². The van der Waals surface area contributed by atoms with Crippen molar-refractivity contribution in [3.63, 3.8) is 0 Å². The molecule has 0 saturated heterocycles. The molecule has 1 atom stereocenters. The summed E-state index contributed by atoms with van der Waals surface area (Å²) in [5.41, 5.74) is 0.753. The van der Waals surface area contributed by atoms with Crippen LogP contribution in [0.15, 0.2) is 71.5 Å². The molecule has 4 aromatic rings. The molecule has 0 aliphatic heterocycles. The molecule has 0 radical (unpaired) electrons. The van der Waals surface area contributed by atoms with Crippen molar-refractivity contribution in [2.45, 2.75) is 25.8 Å². The predicted octanol–water partition coefficient (Wildman–Crippen LogP) is 4.67. The number of rotatable bonds is 7. The van der Waals surface area contributed by atoms with E-state index in [1.54, 1.807) is 30.3 Å². The molecule has 0 aliphatic rings. The lowest BCUT2D eigenvalue weighted by Gasteiger charge is -2.21. The Balaban J connectivity index is 2.01. The number of methoxy groups -OCH3 is 1. The summed E-state index contributed by atoms with van der Waals surface area (Å²) in [6, 6.07) is 18.6. The van der Waals surface area contributed by atoms with E-state index >= 15 is 0 Å². The summed E-state index contributed by atoms with van der Waals surface area (Å²) in [6.45, 7) is 2.01. The molecular formula is C25H22N2O4S. The highest BCUT2D eigenvalue weighted by Crippen LogP contribution is 2.29. The van der Waals surface area contributed by atoms with E-state index in [2.05, 4.69) is 0 Å². The van der Waals surface area contributed by atoms with Crippen molar-refractivity contribution >= 4 is 33.3 Å². The normalized spacial score (nSPS) is 11.9. The van der Waals surface area contributed by atoms with Crippen LogP contribution < -0.4 is 5.56 Å². The molecule has 0 fully saturated rings. The van der Waals surface area contributed by atoms with Gasteiger partial charge in [-0.2, -0.15) is 0 Å². The van der Waals surface area contributed by atoms with Crippen LogP contribution in [0.5, 0.6) is 0 Å². The van der Waals surface area contributed by atoms with Gasteiger partial charge in [0, 0.05) is 16.0 Å². The predicted molar refractivity (Wildman–Crippen MR) is 125 cm³/mol. The van der Waals surface area contributed by atoms with Crippen LogP contribution in [0.2, 0.25) is 0 Å². The number of aryl methyl sites for hydroxylation is 1. The first kappa shape index (κ1) is 21.6. The van der Waals surface area contributed by atoms with Crippen LogP contribution in [-0.4, -0.2) is 28.4 Å². The van der Waals surface area contributed by atoms with Crippen molar-refractivity contribution in [2.24, 2.45) is 0 Å². The van der Waals surface area contributed by atoms with Gasteiger partial charge in [0.25, 0.3) is 5.56 Å². The molecule has 0 bridgehead atoms. The lowest BCUT2D eigenvalue weighted by Crippen LogP contribution is -2.33. The van der Waals surface area contributed by atoms with Crippen LogP contribution >= 0.6 is 11.3 Å². The van der Waals surface area contributed by atoms with E-state index < -0.39 is 12.0 Å². The summed E-state index contributed by atoms with van der Waals surface area (Å²) < 4.78 is 6.22. The highest BCUT2D eigenvalue weighted by molar-refractivity contribution is 7.18. The third kappa shape index (κ3) is 4.11. The second kappa shape index (κ2) is 9.28. The second-order valence-electron chi connectivity index (χ2n) is 7.29. The van der Waals surface area contributed by atoms with Crippen LogP contribution in [0.1, 0.15) is 34.6 Å². The Kier molecular flexibility index (Phi) is 6.28. The minimum Gasteiger partial charge on any atom is -0.469 e. The number of thiophene rings is 1. The standard InChI is InChI=1S/C25H22N2O4S/c1-3-18-14-19-24(32-18)26-23(17-12-8-5-9-13-17)27(25(19)30)20(15-21(28)31-2)22(29)16-10-6-4-7-11-16/h4-14,20H,3,15H2,1-2H3. The minimum atomic E-state index is -1.09. The largest absolute Gasteiger partial charge is 0.469 e. The zero-order valence-corrected chi connectivity index (χ0v) is 18.6. The molecule has 2 heterocycles. The van der Waals surface area contributed by atoms with Gasteiger partial charge in [-0.25, -0.2) is 4.98 Å². The van der Waals surface area contributed by atoms with E-state index in [0.717, 1.165) is 11.3 Å². The van der Waals surface area contributed by atoms with E-state index in [-0.39, 0.29) is 17.8 Å². The maximum Gasteiger partial charge on any atom is 0.308 e. The Morgan fingerprint density at radius 3 is 2.34 bits per heavy atom. The molecule has 2 aromatic carbocycles. The van der Waals surface area contributed by atoms with Crippen LogP contribution in [0.4, 0.5) is 0 Å². The number of hydrogen-bond acceptors (Lipinski definition) is 6. The topological polar surface area (TPSA) is 78.3 Å². The summed E-state index contributed by atoms with van der Waals surface area (Å²) in [5, 5.41) is 0.447. The van der Waals surface area contributed by atoms with Gasteiger partial charge in [-0.1, -0.05) is 67.6 Å². The number of Topliss-reactive ketones (excluding diaryl/α,β-unsaturated/α-hetero) is 1.